The molecule has 0 radical (unpaired) electrons. The lowest BCUT2D eigenvalue weighted by atomic mass is 9.44. The van der Waals surface area contributed by atoms with Gasteiger partial charge >= 0.3 is 0 Å². The molecule has 4 aliphatic carbocycles. The van der Waals surface area contributed by atoms with Crippen LogP contribution in [0.25, 0.3) is 0 Å². The number of rotatable bonds is 3. The number of alkyl halides is 3. The van der Waals surface area contributed by atoms with Crippen LogP contribution in [-0.2, 0) is 14.4 Å². The molecule has 1 aromatic rings. The predicted octanol–water partition coefficient (Wildman–Crippen LogP) is 4.37. The molecule has 1 saturated heterocycles. The molecule has 11 heteroatoms. The number of hydrogen-bond acceptors (Lipinski definition) is 8. The van der Waals surface area contributed by atoms with Gasteiger partial charge in [0.05, 0.1) is 18.2 Å². The van der Waals surface area contributed by atoms with Crippen LogP contribution in [0, 0.1) is 28.6 Å². The van der Waals surface area contributed by atoms with Crippen molar-refractivity contribution in [1.29, 1.82) is 0 Å². The quantitative estimate of drug-likeness (QED) is 0.610. The lowest BCUT2D eigenvalue weighted by Gasteiger charge is -2.63. The van der Waals surface area contributed by atoms with Gasteiger partial charge in [0.1, 0.15) is 12.2 Å². The van der Waals surface area contributed by atoms with E-state index in [0.29, 0.717) is 30.5 Å². The van der Waals surface area contributed by atoms with Gasteiger partial charge in [-0.15, -0.1) is 11.3 Å². The standard InChI is InChI=1S/C25H27F3N2O4S2/c1-22-4-3-14(31)6-17(22)18(27)7-16-15-5-13-9-30(20-10-35-12-29-20)34-25(13,21(33)36-11-26)23(15,2)8-19(32)24(16,22)28/h3-4,6,10,12-13,15-16,18-19,32H,5,7-9,11H2,1-2H3/t13-,15-,16-,18-,19-,22-,23-,24-,25-/m0/s1. The highest BCUT2D eigenvalue weighted by Gasteiger charge is 2.79. The molecule has 194 valence electrons. The summed E-state index contributed by atoms with van der Waals surface area (Å²) in [4.78, 5) is 36.3. The number of hydroxylamine groups is 1. The SMILES string of the molecule is C[C@]12C=CC(=O)C=C1[C@@H](F)C[C@H]1[C@@H]3C[C@H]4CN(c5cscn5)O[C@@]4(C(=O)SCF)[C@@]3(C)C[C@H](O)[C@@]12F. The van der Waals surface area contributed by atoms with Crippen LogP contribution in [0.5, 0.6) is 0 Å². The van der Waals surface area contributed by atoms with Crippen LogP contribution in [0.4, 0.5) is 19.0 Å². The van der Waals surface area contributed by atoms with Crippen molar-refractivity contribution in [2.24, 2.45) is 28.6 Å². The number of halogens is 3. The van der Waals surface area contributed by atoms with E-state index in [1.165, 1.54) is 23.5 Å². The Kier molecular flexibility index (Phi) is 5.41. The number of ketones is 1. The Balaban J connectivity index is 1.46. The minimum absolute atomic E-state index is 0.0549. The Bertz CT molecular complexity index is 1180. The molecule has 1 aliphatic heterocycles. The van der Waals surface area contributed by atoms with E-state index in [2.05, 4.69) is 4.98 Å². The van der Waals surface area contributed by atoms with Crippen molar-refractivity contribution in [3.05, 3.63) is 34.7 Å². The number of thiazole rings is 1. The Morgan fingerprint density at radius 1 is 1.36 bits per heavy atom. The summed E-state index contributed by atoms with van der Waals surface area (Å²) in [5.41, 5.74) is -4.64. The summed E-state index contributed by atoms with van der Waals surface area (Å²) in [5, 5.41) is 14.3. The van der Waals surface area contributed by atoms with Gasteiger partial charge in [0, 0.05) is 28.0 Å². The summed E-state index contributed by atoms with van der Waals surface area (Å²) >= 11 is 1.88. The molecular weight excluding hydrogens is 513 g/mol. The topological polar surface area (TPSA) is 79.7 Å². The number of aliphatic hydroxyl groups excluding tert-OH is 1. The monoisotopic (exact) mass is 540 g/mol. The first-order chi connectivity index (χ1) is 17.0. The normalized spacial score (nSPS) is 47.2. The number of aromatic nitrogens is 1. The molecule has 0 aromatic carbocycles. The third-order valence-electron chi connectivity index (χ3n) is 9.78. The van der Waals surface area contributed by atoms with E-state index < -0.39 is 69.0 Å². The van der Waals surface area contributed by atoms with Crippen LogP contribution in [0.1, 0.15) is 33.1 Å². The van der Waals surface area contributed by atoms with E-state index in [1.807, 2.05) is 0 Å². The van der Waals surface area contributed by atoms with Gasteiger partial charge in [-0.2, -0.15) is 0 Å². The van der Waals surface area contributed by atoms with Gasteiger partial charge in [-0.1, -0.05) is 24.8 Å². The molecule has 9 atom stereocenters. The maximum atomic E-state index is 17.4. The van der Waals surface area contributed by atoms with Crippen molar-refractivity contribution in [2.75, 3.05) is 17.6 Å². The van der Waals surface area contributed by atoms with E-state index in [1.54, 1.807) is 29.8 Å². The van der Waals surface area contributed by atoms with Gasteiger partial charge in [0.2, 0.25) is 5.12 Å². The van der Waals surface area contributed by atoms with E-state index in [-0.39, 0.29) is 18.4 Å². The summed E-state index contributed by atoms with van der Waals surface area (Å²) < 4.78 is 46.4. The van der Waals surface area contributed by atoms with Crippen LogP contribution in [0.2, 0.25) is 0 Å². The molecular formula is C25H27F3N2O4S2. The Labute approximate surface area is 214 Å². The molecule has 3 saturated carbocycles. The number of allylic oxidation sites excluding steroid dienone is 4. The minimum Gasteiger partial charge on any atom is -0.390 e. The molecule has 6 nitrogen and oxygen atoms in total. The molecule has 0 amide bonds. The van der Waals surface area contributed by atoms with E-state index in [9.17, 15) is 19.1 Å². The van der Waals surface area contributed by atoms with Gasteiger partial charge in [-0.05, 0) is 49.8 Å². The minimum atomic E-state index is -2.24. The molecule has 2 heterocycles. The van der Waals surface area contributed by atoms with Crippen LogP contribution >= 0.6 is 23.1 Å². The summed E-state index contributed by atoms with van der Waals surface area (Å²) in [7, 11) is 0. The molecule has 5 aliphatic rings. The van der Waals surface area contributed by atoms with Crippen molar-refractivity contribution in [1.82, 2.24) is 4.98 Å². The van der Waals surface area contributed by atoms with Crippen LogP contribution in [-0.4, -0.2) is 57.1 Å². The Morgan fingerprint density at radius 3 is 2.83 bits per heavy atom. The van der Waals surface area contributed by atoms with E-state index in [0.717, 1.165) is 6.08 Å². The number of hydrogen-bond donors (Lipinski definition) is 1. The number of nitrogens with zero attached hydrogens (tertiary/aromatic N) is 2. The summed E-state index contributed by atoms with van der Waals surface area (Å²) in [5.74, 6) is -1.71. The third-order valence-corrected chi connectivity index (χ3v) is 11.0. The largest absolute Gasteiger partial charge is 0.390 e. The second-order valence-corrected chi connectivity index (χ2v) is 12.7. The van der Waals surface area contributed by atoms with Crippen molar-refractivity contribution in [3.8, 4) is 0 Å². The molecule has 4 fully saturated rings. The van der Waals surface area contributed by atoms with Crippen molar-refractivity contribution < 1.29 is 32.7 Å². The van der Waals surface area contributed by atoms with Gasteiger partial charge in [-0.3, -0.25) is 14.4 Å². The fraction of sp³-hybridized carbons (Fsp3) is 0.640. The highest BCUT2D eigenvalue weighted by atomic mass is 32.2. The van der Waals surface area contributed by atoms with Gasteiger partial charge in [0.15, 0.2) is 22.9 Å². The number of carbonyl (C=O) groups excluding carboxylic acids is 2. The lowest BCUT2D eigenvalue weighted by Crippen LogP contribution is -2.70. The number of fused-ring (bicyclic) bond motifs is 7. The number of aliphatic hydroxyl groups is 1. The van der Waals surface area contributed by atoms with Crippen LogP contribution < -0.4 is 5.06 Å². The first kappa shape index (κ1) is 24.6. The number of anilines is 1. The van der Waals surface area contributed by atoms with Crippen molar-refractivity contribution >= 4 is 39.8 Å². The Morgan fingerprint density at radius 2 is 2.14 bits per heavy atom. The fourth-order valence-electron chi connectivity index (χ4n) is 8.21. The zero-order valence-corrected chi connectivity index (χ0v) is 21.5. The summed E-state index contributed by atoms with van der Waals surface area (Å²) in [6, 6.07) is -0.940. The molecule has 1 N–H and O–H groups in total. The molecule has 0 bridgehead atoms. The lowest BCUT2D eigenvalue weighted by molar-refractivity contribution is -0.225. The first-order valence-corrected chi connectivity index (χ1v) is 14.0. The molecule has 36 heavy (non-hydrogen) atoms. The fourth-order valence-corrected chi connectivity index (χ4v) is 9.49. The average Bonchev–Trinajstić information content (AvgIpc) is 3.53. The van der Waals surface area contributed by atoms with Gasteiger partial charge in [-0.25, -0.2) is 23.2 Å². The number of thioether (sulfide) groups is 1. The first-order valence-electron chi connectivity index (χ1n) is 12.1. The maximum Gasteiger partial charge on any atom is 0.226 e. The second kappa shape index (κ2) is 7.91. The highest BCUT2D eigenvalue weighted by molar-refractivity contribution is 8.13. The smallest absolute Gasteiger partial charge is 0.226 e. The van der Waals surface area contributed by atoms with Crippen molar-refractivity contribution in [3.63, 3.8) is 0 Å². The number of carbonyl (C=O) groups is 2. The van der Waals surface area contributed by atoms with E-state index >= 15 is 8.78 Å². The molecule has 0 unspecified atom stereocenters. The third kappa shape index (κ3) is 2.80. The summed E-state index contributed by atoms with van der Waals surface area (Å²) in [6.07, 6.45) is 0.705. The molecule has 1 aromatic heterocycles. The van der Waals surface area contributed by atoms with Crippen molar-refractivity contribution in [2.45, 2.75) is 56.7 Å². The maximum absolute atomic E-state index is 17.4. The second-order valence-electron chi connectivity index (χ2n) is 11.1. The van der Waals surface area contributed by atoms with Gasteiger partial charge < -0.3 is 5.11 Å². The summed E-state index contributed by atoms with van der Waals surface area (Å²) in [6.45, 7) is 3.64. The molecule has 6 rings (SSSR count). The van der Waals surface area contributed by atoms with Crippen LogP contribution in [0.3, 0.4) is 0 Å². The predicted molar refractivity (Wildman–Crippen MR) is 129 cm³/mol. The molecule has 0 spiro atoms. The zero-order chi connectivity index (χ0) is 25.7. The van der Waals surface area contributed by atoms with Gasteiger partial charge in [0.25, 0.3) is 0 Å². The zero-order valence-electron chi connectivity index (χ0n) is 19.8. The highest BCUT2D eigenvalue weighted by Crippen LogP contribution is 2.73. The average molecular weight is 541 g/mol. The van der Waals surface area contributed by atoms with E-state index in [4.69, 9.17) is 4.84 Å². The van der Waals surface area contributed by atoms with Crippen LogP contribution in [0.15, 0.2) is 34.7 Å². The Hall–Kier alpha value is -1.69.